The molecule has 8 heteroatoms. The molecular weight excluding hydrogens is 546 g/mol. The van der Waals surface area contributed by atoms with Crippen LogP contribution < -0.4 is 15.0 Å². The standard InChI is InChI=1S/C31H24ClN3O2S2/c1-20-6-2-3-8-26(20)36-23-13-11-22(12-14-23)35-30(29(34-31(35)38)25-7-4-5-19-33-25)27-17-18-28(37-27)39-24-15-9-21(32)10-16-24/h2-19,29-30H,1H3,(H,34,38)/t29-,30-/m0/s1. The van der Waals surface area contributed by atoms with Gasteiger partial charge < -0.3 is 19.4 Å². The van der Waals surface area contributed by atoms with Gasteiger partial charge in [0.05, 0.1) is 11.7 Å². The molecule has 3 heterocycles. The number of hydrogen-bond acceptors (Lipinski definition) is 5. The summed E-state index contributed by atoms with van der Waals surface area (Å²) >= 11 is 13.5. The Morgan fingerprint density at radius 3 is 2.44 bits per heavy atom. The minimum atomic E-state index is -0.241. The molecule has 2 aromatic heterocycles. The van der Waals surface area contributed by atoms with Gasteiger partial charge in [-0.3, -0.25) is 4.98 Å². The number of nitrogens with zero attached hydrogens (tertiary/aromatic N) is 2. The monoisotopic (exact) mass is 569 g/mol. The summed E-state index contributed by atoms with van der Waals surface area (Å²) in [7, 11) is 0. The van der Waals surface area contributed by atoms with E-state index >= 15 is 0 Å². The third-order valence-corrected chi connectivity index (χ3v) is 7.96. The normalized spacial score (nSPS) is 16.8. The molecule has 5 nitrogen and oxygen atoms in total. The van der Waals surface area contributed by atoms with Gasteiger partial charge in [-0.05, 0) is 104 Å². The number of ether oxygens (including phenoxy) is 1. The molecule has 5 aromatic rings. The number of benzene rings is 3. The first-order valence-electron chi connectivity index (χ1n) is 12.4. The van der Waals surface area contributed by atoms with E-state index in [-0.39, 0.29) is 12.1 Å². The summed E-state index contributed by atoms with van der Waals surface area (Å²) in [5, 5.41) is 5.57. The molecule has 1 saturated heterocycles. The number of anilines is 1. The zero-order valence-electron chi connectivity index (χ0n) is 21.0. The van der Waals surface area contributed by atoms with Crippen molar-refractivity contribution in [1.29, 1.82) is 0 Å². The van der Waals surface area contributed by atoms with Crippen LogP contribution in [0.15, 0.2) is 124 Å². The molecule has 3 aromatic carbocycles. The third-order valence-electron chi connectivity index (χ3n) is 6.46. The Labute approximate surface area is 241 Å². The second-order valence-corrected chi connectivity index (χ2v) is 11.0. The molecular formula is C31H24ClN3O2S2. The summed E-state index contributed by atoms with van der Waals surface area (Å²) in [6, 6.07) is 33.1. The largest absolute Gasteiger partial charge is 0.457 e. The number of thiocarbonyl (C=S) groups is 1. The van der Waals surface area contributed by atoms with Crippen LogP contribution in [0.5, 0.6) is 11.5 Å². The molecule has 0 bridgehead atoms. The predicted molar refractivity (Wildman–Crippen MR) is 160 cm³/mol. The van der Waals surface area contributed by atoms with Crippen LogP contribution in [0.2, 0.25) is 5.02 Å². The van der Waals surface area contributed by atoms with Crippen molar-refractivity contribution >= 4 is 46.4 Å². The molecule has 194 valence electrons. The number of pyridine rings is 1. The maximum atomic E-state index is 6.41. The highest BCUT2D eigenvalue weighted by molar-refractivity contribution is 7.99. The zero-order valence-corrected chi connectivity index (χ0v) is 23.3. The molecule has 1 aliphatic heterocycles. The first kappa shape index (κ1) is 25.5. The number of furan rings is 1. The topological polar surface area (TPSA) is 50.5 Å². The number of aryl methyl sites for hydroxylation is 1. The lowest BCUT2D eigenvalue weighted by atomic mass is 10.0. The van der Waals surface area contributed by atoms with Gasteiger partial charge in [0.15, 0.2) is 10.2 Å². The van der Waals surface area contributed by atoms with E-state index in [1.807, 2.05) is 110 Å². The molecule has 1 N–H and O–H groups in total. The van der Waals surface area contributed by atoms with Crippen LogP contribution in [0.4, 0.5) is 5.69 Å². The molecule has 0 amide bonds. The van der Waals surface area contributed by atoms with Crippen LogP contribution in [0.3, 0.4) is 0 Å². The predicted octanol–water partition coefficient (Wildman–Crippen LogP) is 8.76. The molecule has 0 radical (unpaired) electrons. The van der Waals surface area contributed by atoms with Gasteiger partial charge in [-0.25, -0.2) is 0 Å². The number of hydrogen-bond donors (Lipinski definition) is 1. The van der Waals surface area contributed by atoms with Gasteiger partial charge in [-0.1, -0.05) is 47.6 Å². The van der Waals surface area contributed by atoms with E-state index in [1.165, 1.54) is 0 Å². The molecule has 1 aliphatic rings. The van der Waals surface area contributed by atoms with E-state index in [9.17, 15) is 0 Å². The highest BCUT2D eigenvalue weighted by Crippen LogP contribution is 2.44. The Kier molecular flexibility index (Phi) is 7.28. The maximum absolute atomic E-state index is 6.41. The van der Waals surface area contributed by atoms with Crippen molar-refractivity contribution in [3.8, 4) is 11.5 Å². The van der Waals surface area contributed by atoms with Crippen molar-refractivity contribution in [2.24, 2.45) is 0 Å². The molecule has 0 spiro atoms. The van der Waals surface area contributed by atoms with Crippen LogP contribution in [0.1, 0.15) is 29.1 Å². The fourth-order valence-corrected chi connectivity index (χ4v) is 5.81. The maximum Gasteiger partial charge on any atom is 0.174 e. The third kappa shape index (κ3) is 5.52. The van der Waals surface area contributed by atoms with Gasteiger partial charge in [0, 0.05) is 21.8 Å². The number of para-hydroxylation sites is 1. The fourth-order valence-electron chi connectivity index (χ4n) is 4.56. The SMILES string of the molecule is Cc1ccccc1Oc1ccc(N2C(=S)N[C@@H](c3ccccn3)[C@@H]2c2ccc(Sc3ccc(Cl)cc3)o2)cc1. The van der Waals surface area contributed by atoms with E-state index in [0.29, 0.717) is 10.1 Å². The highest BCUT2D eigenvalue weighted by Gasteiger charge is 2.42. The lowest BCUT2D eigenvalue weighted by molar-refractivity contribution is 0.383. The van der Waals surface area contributed by atoms with Crippen molar-refractivity contribution in [1.82, 2.24) is 10.3 Å². The second kappa shape index (κ2) is 11.1. The molecule has 0 aliphatic carbocycles. The van der Waals surface area contributed by atoms with Gasteiger partial charge in [0.1, 0.15) is 23.3 Å². The highest BCUT2D eigenvalue weighted by atomic mass is 35.5. The smallest absolute Gasteiger partial charge is 0.174 e. The van der Waals surface area contributed by atoms with Gasteiger partial charge in [-0.15, -0.1) is 0 Å². The average molecular weight is 570 g/mol. The minimum absolute atomic E-state index is 0.193. The average Bonchev–Trinajstić information content (AvgIpc) is 3.56. The summed E-state index contributed by atoms with van der Waals surface area (Å²) in [5.41, 5.74) is 2.89. The molecule has 2 atom stereocenters. The number of halogens is 1. The van der Waals surface area contributed by atoms with E-state index in [4.69, 9.17) is 33.0 Å². The minimum Gasteiger partial charge on any atom is -0.457 e. The van der Waals surface area contributed by atoms with Crippen molar-refractivity contribution in [2.45, 2.75) is 29.0 Å². The molecule has 0 unspecified atom stereocenters. The van der Waals surface area contributed by atoms with Crippen molar-refractivity contribution in [2.75, 3.05) is 4.90 Å². The summed E-state index contributed by atoms with van der Waals surface area (Å²) in [6.45, 7) is 2.03. The summed E-state index contributed by atoms with van der Waals surface area (Å²) in [5.74, 6) is 2.37. The summed E-state index contributed by atoms with van der Waals surface area (Å²) in [6.07, 6.45) is 1.79. The first-order valence-corrected chi connectivity index (χ1v) is 14.0. The Morgan fingerprint density at radius 2 is 1.69 bits per heavy atom. The second-order valence-electron chi connectivity index (χ2n) is 9.07. The van der Waals surface area contributed by atoms with Gasteiger partial charge in [0.2, 0.25) is 0 Å². The van der Waals surface area contributed by atoms with Gasteiger partial charge in [-0.2, -0.15) is 0 Å². The van der Waals surface area contributed by atoms with Crippen molar-refractivity contribution in [3.63, 3.8) is 0 Å². The van der Waals surface area contributed by atoms with Crippen LogP contribution in [0.25, 0.3) is 0 Å². The zero-order chi connectivity index (χ0) is 26.8. The summed E-state index contributed by atoms with van der Waals surface area (Å²) in [4.78, 5) is 7.75. The van der Waals surface area contributed by atoms with E-state index in [2.05, 4.69) is 15.2 Å². The molecule has 6 rings (SSSR count). The number of nitrogens with one attached hydrogen (secondary N) is 1. The van der Waals surface area contributed by atoms with E-state index in [0.717, 1.165) is 44.2 Å². The van der Waals surface area contributed by atoms with Crippen LogP contribution >= 0.6 is 35.6 Å². The quantitative estimate of drug-likeness (QED) is 0.197. The lowest BCUT2D eigenvalue weighted by Gasteiger charge is -2.26. The van der Waals surface area contributed by atoms with Crippen LogP contribution in [-0.4, -0.2) is 10.1 Å². The van der Waals surface area contributed by atoms with Gasteiger partial charge >= 0.3 is 0 Å². The van der Waals surface area contributed by atoms with Crippen molar-refractivity contribution in [3.05, 3.63) is 131 Å². The Bertz CT molecular complexity index is 1590. The summed E-state index contributed by atoms with van der Waals surface area (Å²) < 4.78 is 12.5. The fraction of sp³-hybridized carbons (Fsp3) is 0.0968. The van der Waals surface area contributed by atoms with Crippen LogP contribution in [0, 0.1) is 6.92 Å². The first-order chi connectivity index (χ1) is 19.0. The number of rotatable bonds is 7. The molecule has 0 saturated carbocycles. The molecule has 39 heavy (non-hydrogen) atoms. The Hall–Kier alpha value is -3.78. The van der Waals surface area contributed by atoms with E-state index in [1.54, 1.807) is 18.0 Å². The lowest BCUT2D eigenvalue weighted by Crippen LogP contribution is -2.29. The van der Waals surface area contributed by atoms with E-state index < -0.39 is 0 Å². The number of aromatic nitrogens is 1. The van der Waals surface area contributed by atoms with Crippen LogP contribution in [-0.2, 0) is 0 Å². The van der Waals surface area contributed by atoms with Crippen molar-refractivity contribution < 1.29 is 9.15 Å². The molecule has 1 fully saturated rings. The Balaban J connectivity index is 1.31. The Morgan fingerprint density at radius 1 is 0.923 bits per heavy atom. The van der Waals surface area contributed by atoms with Gasteiger partial charge in [0.25, 0.3) is 0 Å².